The van der Waals surface area contributed by atoms with E-state index in [9.17, 15) is 19.7 Å². The molecule has 28 heavy (non-hydrogen) atoms. The van der Waals surface area contributed by atoms with Crippen molar-refractivity contribution < 1.29 is 19.2 Å². The second-order valence-corrected chi connectivity index (χ2v) is 6.59. The maximum Gasteiger partial charge on any atom is 0.270 e. The number of non-ortho nitro benzene ring substituents is 1. The summed E-state index contributed by atoms with van der Waals surface area (Å²) < 4.78 is 5.14. The summed E-state index contributed by atoms with van der Waals surface area (Å²) in [6.07, 6.45) is 1.89. The summed E-state index contributed by atoms with van der Waals surface area (Å²) in [6, 6.07) is 13.1. The number of nitro benzene ring substituents is 1. The number of hydrogen-bond acceptors (Lipinski definition) is 5. The monoisotopic (exact) mass is 383 g/mol. The highest BCUT2D eigenvalue weighted by atomic mass is 16.6. The lowest BCUT2D eigenvalue weighted by molar-refractivity contribution is -0.384. The lowest BCUT2D eigenvalue weighted by atomic mass is 10.2. The van der Waals surface area contributed by atoms with E-state index in [2.05, 4.69) is 5.32 Å². The number of amides is 2. The Kier molecular flexibility index (Phi) is 5.88. The first-order valence-electron chi connectivity index (χ1n) is 8.93. The van der Waals surface area contributed by atoms with Crippen molar-refractivity contribution in [2.75, 3.05) is 13.7 Å². The number of nitrogens with zero attached hydrogens (tertiary/aromatic N) is 2. The molecule has 1 aliphatic rings. The van der Waals surface area contributed by atoms with Crippen LogP contribution in [-0.2, 0) is 11.3 Å². The first-order chi connectivity index (χ1) is 13.5. The number of nitrogens with one attached hydrogen (secondary N) is 1. The van der Waals surface area contributed by atoms with Gasteiger partial charge in [-0.1, -0.05) is 18.2 Å². The molecule has 0 atom stereocenters. The van der Waals surface area contributed by atoms with Crippen LogP contribution in [0.25, 0.3) is 0 Å². The van der Waals surface area contributed by atoms with E-state index in [1.807, 2.05) is 24.3 Å². The minimum atomic E-state index is -0.564. The van der Waals surface area contributed by atoms with Gasteiger partial charge in [-0.15, -0.1) is 0 Å². The Hall–Kier alpha value is -3.42. The third kappa shape index (κ3) is 4.85. The molecule has 0 aromatic heterocycles. The molecular formula is C20H21N3O5. The molecule has 8 heteroatoms. The predicted molar refractivity (Wildman–Crippen MR) is 102 cm³/mol. The number of methoxy groups -OCH3 is 1. The van der Waals surface area contributed by atoms with E-state index in [4.69, 9.17) is 4.74 Å². The van der Waals surface area contributed by atoms with Crippen molar-refractivity contribution in [2.45, 2.75) is 25.4 Å². The molecule has 1 aliphatic carbocycles. The molecule has 0 heterocycles. The van der Waals surface area contributed by atoms with E-state index in [-0.39, 0.29) is 29.7 Å². The quantitative estimate of drug-likeness (QED) is 0.557. The van der Waals surface area contributed by atoms with Gasteiger partial charge in [-0.25, -0.2) is 0 Å². The highest BCUT2D eigenvalue weighted by Gasteiger charge is 2.32. The van der Waals surface area contributed by atoms with Crippen LogP contribution in [0.2, 0.25) is 0 Å². The van der Waals surface area contributed by atoms with Crippen molar-refractivity contribution >= 4 is 17.5 Å². The molecule has 0 unspecified atom stereocenters. The van der Waals surface area contributed by atoms with Crippen molar-refractivity contribution in [2.24, 2.45) is 0 Å². The van der Waals surface area contributed by atoms with E-state index in [1.54, 1.807) is 12.0 Å². The first-order valence-corrected chi connectivity index (χ1v) is 8.93. The third-order valence-electron chi connectivity index (χ3n) is 4.54. The van der Waals surface area contributed by atoms with Crippen molar-refractivity contribution in [3.63, 3.8) is 0 Å². The Balaban J connectivity index is 1.60. The minimum Gasteiger partial charge on any atom is -0.497 e. The van der Waals surface area contributed by atoms with Gasteiger partial charge in [-0.3, -0.25) is 19.7 Å². The molecule has 8 nitrogen and oxygen atoms in total. The second kappa shape index (κ2) is 8.51. The highest BCUT2D eigenvalue weighted by Crippen LogP contribution is 2.28. The molecule has 1 saturated carbocycles. The number of rotatable bonds is 8. The van der Waals surface area contributed by atoms with Crippen LogP contribution in [0.1, 0.15) is 28.8 Å². The Bertz CT molecular complexity index is 878. The van der Waals surface area contributed by atoms with Crippen molar-refractivity contribution in [3.05, 3.63) is 69.8 Å². The van der Waals surface area contributed by atoms with Gasteiger partial charge in [0.05, 0.1) is 18.6 Å². The lowest BCUT2D eigenvalue weighted by Gasteiger charge is -2.23. The molecule has 146 valence electrons. The molecule has 3 rings (SSSR count). The summed E-state index contributed by atoms with van der Waals surface area (Å²) in [5.41, 5.74) is 0.958. The van der Waals surface area contributed by atoms with Gasteiger partial charge >= 0.3 is 0 Å². The van der Waals surface area contributed by atoms with E-state index < -0.39 is 10.8 Å². The molecule has 2 aromatic rings. The van der Waals surface area contributed by atoms with Crippen LogP contribution in [-0.4, -0.2) is 41.3 Å². The van der Waals surface area contributed by atoms with Crippen LogP contribution in [0, 0.1) is 10.1 Å². The maximum atomic E-state index is 12.6. The number of carbonyl (C=O) groups is 2. The van der Waals surface area contributed by atoms with E-state index >= 15 is 0 Å². The summed E-state index contributed by atoms with van der Waals surface area (Å²) in [5, 5.41) is 13.4. The first kappa shape index (κ1) is 19.3. The molecule has 0 bridgehead atoms. The molecule has 0 spiro atoms. The molecule has 0 aliphatic heterocycles. The predicted octanol–water partition coefficient (Wildman–Crippen LogP) is 2.52. The van der Waals surface area contributed by atoms with Gasteiger partial charge in [0, 0.05) is 30.3 Å². The van der Waals surface area contributed by atoms with Gasteiger partial charge in [0.25, 0.3) is 11.6 Å². The number of ether oxygens (including phenoxy) is 1. The summed E-state index contributed by atoms with van der Waals surface area (Å²) in [6.45, 7) is 0.300. The van der Waals surface area contributed by atoms with E-state index in [0.717, 1.165) is 24.2 Å². The largest absolute Gasteiger partial charge is 0.497 e. The van der Waals surface area contributed by atoms with Crippen LogP contribution in [0.4, 0.5) is 5.69 Å². The van der Waals surface area contributed by atoms with Crippen LogP contribution < -0.4 is 10.1 Å². The standard InChI is InChI=1S/C20H21N3O5/c1-28-18-9-5-14(6-10-18)13-22(16-7-8-16)19(24)12-21-20(25)15-3-2-4-17(11-15)23(26)27/h2-6,9-11,16H,7-8,12-13H2,1H3,(H,21,25). The molecule has 2 amide bonds. The number of nitro groups is 1. The zero-order valence-corrected chi connectivity index (χ0v) is 15.5. The zero-order valence-electron chi connectivity index (χ0n) is 15.5. The summed E-state index contributed by atoms with van der Waals surface area (Å²) in [7, 11) is 1.60. The Morgan fingerprint density at radius 1 is 1.21 bits per heavy atom. The van der Waals surface area contributed by atoms with Gasteiger partial charge in [0.2, 0.25) is 5.91 Å². The van der Waals surface area contributed by atoms with Crippen molar-refractivity contribution in [1.29, 1.82) is 0 Å². The maximum absolute atomic E-state index is 12.6. The van der Waals surface area contributed by atoms with Crippen LogP contribution in [0.15, 0.2) is 48.5 Å². The minimum absolute atomic E-state index is 0.148. The summed E-state index contributed by atoms with van der Waals surface area (Å²) in [4.78, 5) is 36.9. The molecule has 2 aromatic carbocycles. The zero-order chi connectivity index (χ0) is 20.1. The van der Waals surface area contributed by atoms with Gasteiger partial charge in [-0.2, -0.15) is 0 Å². The lowest BCUT2D eigenvalue weighted by Crippen LogP contribution is -2.41. The molecule has 1 N–H and O–H groups in total. The second-order valence-electron chi connectivity index (χ2n) is 6.59. The van der Waals surface area contributed by atoms with Crippen LogP contribution in [0.5, 0.6) is 5.75 Å². The smallest absolute Gasteiger partial charge is 0.270 e. The van der Waals surface area contributed by atoms with Gasteiger partial charge in [-0.05, 0) is 36.6 Å². The summed E-state index contributed by atoms with van der Waals surface area (Å²) >= 11 is 0. The molecular weight excluding hydrogens is 362 g/mol. The van der Waals surface area contributed by atoms with Crippen molar-refractivity contribution in [3.8, 4) is 5.75 Å². The normalized spacial score (nSPS) is 12.9. The van der Waals surface area contributed by atoms with Crippen LogP contribution in [0.3, 0.4) is 0 Å². The fourth-order valence-corrected chi connectivity index (χ4v) is 2.85. The number of benzene rings is 2. The van der Waals surface area contributed by atoms with Crippen molar-refractivity contribution in [1.82, 2.24) is 10.2 Å². The van der Waals surface area contributed by atoms with Crippen LogP contribution >= 0.6 is 0 Å². The molecule has 0 saturated heterocycles. The Morgan fingerprint density at radius 2 is 1.93 bits per heavy atom. The third-order valence-corrected chi connectivity index (χ3v) is 4.54. The topological polar surface area (TPSA) is 102 Å². The van der Waals surface area contributed by atoms with E-state index in [1.165, 1.54) is 24.3 Å². The summed E-state index contributed by atoms with van der Waals surface area (Å²) in [5.74, 6) is 0.0478. The fraction of sp³-hybridized carbons (Fsp3) is 0.300. The SMILES string of the molecule is COc1ccc(CN(C(=O)CNC(=O)c2cccc([N+](=O)[O-])c2)C2CC2)cc1. The Labute approximate surface area is 162 Å². The Morgan fingerprint density at radius 3 is 2.54 bits per heavy atom. The number of carbonyl (C=O) groups excluding carboxylic acids is 2. The number of hydrogen-bond donors (Lipinski definition) is 1. The van der Waals surface area contributed by atoms with E-state index in [0.29, 0.717) is 6.54 Å². The fourth-order valence-electron chi connectivity index (χ4n) is 2.85. The average Bonchev–Trinajstić information content (AvgIpc) is 3.55. The van der Waals surface area contributed by atoms with Gasteiger partial charge < -0.3 is 15.0 Å². The highest BCUT2D eigenvalue weighted by molar-refractivity contribution is 5.97. The average molecular weight is 383 g/mol. The van der Waals surface area contributed by atoms with Gasteiger partial charge in [0.1, 0.15) is 5.75 Å². The van der Waals surface area contributed by atoms with Gasteiger partial charge in [0.15, 0.2) is 0 Å². The molecule has 1 fully saturated rings. The molecule has 0 radical (unpaired) electrons.